The van der Waals surface area contributed by atoms with E-state index < -0.39 is 0 Å². The lowest BCUT2D eigenvalue weighted by atomic mass is 10.0. The third-order valence-corrected chi connectivity index (χ3v) is 2.77. The van der Waals surface area contributed by atoms with Crippen LogP contribution in [0.15, 0.2) is 42.7 Å². The zero-order chi connectivity index (χ0) is 11.5. The predicted molar refractivity (Wildman–Crippen MR) is 63.9 cm³/mol. The van der Waals surface area contributed by atoms with Crippen molar-refractivity contribution in [3.63, 3.8) is 0 Å². The first kappa shape index (κ1) is 10.8. The Morgan fingerprint density at radius 2 is 2.06 bits per heavy atom. The summed E-state index contributed by atoms with van der Waals surface area (Å²) in [5, 5.41) is 0.669. The molecule has 2 rings (SSSR count). The maximum Gasteiger partial charge on any atom is 0.194 e. The second-order valence-electron chi connectivity index (χ2n) is 3.53. The highest BCUT2D eigenvalue weighted by Crippen LogP contribution is 2.18. The molecule has 3 heteroatoms. The molecular weight excluding hydrogens is 222 g/mol. The van der Waals surface area contributed by atoms with Crippen molar-refractivity contribution >= 4 is 17.4 Å². The molecule has 0 saturated carbocycles. The van der Waals surface area contributed by atoms with Crippen LogP contribution in [0.25, 0.3) is 0 Å². The maximum atomic E-state index is 12.0. The van der Waals surface area contributed by atoms with Gasteiger partial charge in [0.15, 0.2) is 5.78 Å². The molecule has 0 bridgehead atoms. The van der Waals surface area contributed by atoms with Gasteiger partial charge in [-0.05, 0) is 42.8 Å². The number of carbonyl (C=O) groups excluding carboxylic acids is 1. The third kappa shape index (κ3) is 2.12. The minimum atomic E-state index is -0.0344. The van der Waals surface area contributed by atoms with Gasteiger partial charge in [-0.2, -0.15) is 0 Å². The molecular formula is C13H10ClNO. The van der Waals surface area contributed by atoms with E-state index in [1.165, 1.54) is 0 Å². The molecule has 2 aromatic rings. The van der Waals surface area contributed by atoms with Gasteiger partial charge in [0.2, 0.25) is 0 Å². The first-order valence-electron chi connectivity index (χ1n) is 4.89. The number of aryl methyl sites for hydroxylation is 1. The van der Waals surface area contributed by atoms with Crippen molar-refractivity contribution < 1.29 is 4.79 Å². The number of hydrogen-bond acceptors (Lipinski definition) is 2. The van der Waals surface area contributed by atoms with Gasteiger partial charge in [-0.3, -0.25) is 9.78 Å². The maximum absolute atomic E-state index is 12.0. The van der Waals surface area contributed by atoms with E-state index in [4.69, 9.17) is 11.6 Å². The summed E-state index contributed by atoms with van der Waals surface area (Å²) in [5.74, 6) is -0.0344. The van der Waals surface area contributed by atoms with Crippen LogP contribution in [-0.4, -0.2) is 10.8 Å². The summed E-state index contributed by atoms with van der Waals surface area (Å²) in [4.78, 5) is 16.0. The number of halogens is 1. The largest absolute Gasteiger partial charge is 0.289 e. The quantitative estimate of drug-likeness (QED) is 0.743. The minimum Gasteiger partial charge on any atom is -0.289 e. The topological polar surface area (TPSA) is 30.0 Å². The Morgan fingerprint density at radius 3 is 2.69 bits per heavy atom. The Balaban J connectivity index is 2.39. The number of pyridine rings is 1. The molecule has 0 aliphatic heterocycles. The first-order valence-corrected chi connectivity index (χ1v) is 5.27. The van der Waals surface area contributed by atoms with Gasteiger partial charge >= 0.3 is 0 Å². The van der Waals surface area contributed by atoms with Crippen molar-refractivity contribution in [3.8, 4) is 0 Å². The Bertz CT molecular complexity index is 523. The van der Waals surface area contributed by atoms with Crippen molar-refractivity contribution in [2.24, 2.45) is 0 Å². The molecule has 1 aromatic carbocycles. The molecule has 0 amide bonds. The van der Waals surface area contributed by atoms with E-state index in [0.29, 0.717) is 16.1 Å². The van der Waals surface area contributed by atoms with Gasteiger partial charge in [-0.15, -0.1) is 0 Å². The smallest absolute Gasteiger partial charge is 0.194 e. The van der Waals surface area contributed by atoms with Crippen molar-refractivity contribution in [3.05, 3.63) is 64.4 Å². The predicted octanol–water partition coefficient (Wildman–Crippen LogP) is 3.27. The van der Waals surface area contributed by atoms with Gasteiger partial charge in [0, 0.05) is 28.5 Å². The van der Waals surface area contributed by atoms with Crippen molar-refractivity contribution in [1.29, 1.82) is 0 Å². The van der Waals surface area contributed by atoms with Crippen LogP contribution in [0.3, 0.4) is 0 Å². The number of rotatable bonds is 2. The number of aromatic nitrogens is 1. The highest BCUT2D eigenvalue weighted by molar-refractivity contribution is 6.31. The molecule has 80 valence electrons. The molecule has 1 aromatic heterocycles. The summed E-state index contributed by atoms with van der Waals surface area (Å²) in [5.41, 5.74) is 2.12. The van der Waals surface area contributed by atoms with Gasteiger partial charge in [0.1, 0.15) is 0 Å². The Morgan fingerprint density at radius 1 is 1.25 bits per heavy atom. The van der Waals surface area contributed by atoms with Crippen molar-refractivity contribution in [2.75, 3.05) is 0 Å². The van der Waals surface area contributed by atoms with Crippen LogP contribution in [0.5, 0.6) is 0 Å². The lowest BCUT2D eigenvalue weighted by molar-refractivity contribution is 0.103. The van der Waals surface area contributed by atoms with Crippen LogP contribution in [0.1, 0.15) is 21.5 Å². The highest BCUT2D eigenvalue weighted by atomic mass is 35.5. The molecule has 0 atom stereocenters. The number of benzene rings is 1. The highest BCUT2D eigenvalue weighted by Gasteiger charge is 2.09. The van der Waals surface area contributed by atoms with Gasteiger partial charge < -0.3 is 0 Å². The minimum absolute atomic E-state index is 0.0344. The molecule has 0 aliphatic carbocycles. The molecule has 0 fully saturated rings. The van der Waals surface area contributed by atoms with Gasteiger partial charge in [-0.25, -0.2) is 0 Å². The normalized spacial score (nSPS) is 10.1. The Kier molecular flexibility index (Phi) is 3.02. The van der Waals surface area contributed by atoms with E-state index in [9.17, 15) is 4.79 Å². The number of ketones is 1. The lowest BCUT2D eigenvalue weighted by Gasteiger charge is -2.03. The van der Waals surface area contributed by atoms with Gasteiger partial charge in [-0.1, -0.05) is 11.6 Å². The van der Waals surface area contributed by atoms with Gasteiger partial charge in [0.05, 0.1) is 0 Å². The summed E-state index contributed by atoms with van der Waals surface area (Å²) >= 11 is 5.91. The third-order valence-electron chi connectivity index (χ3n) is 2.34. The molecule has 0 N–H and O–H groups in total. The zero-order valence-electron chi connectivity index (χ0n) is 8.77. The van der Waals surface area contributed by atoms with E-state index in [-0.39, 0.29) is 5.78 Å². The number of hydrogen-bond donors (Lipinski definition) is 0. The fraction of sp³-hybridized carbons (Fsp3) is 0.0769. The summed E-state index contributed by atoms with van der Waals surface area (Å²) < 4.78 is 0. The molecule has 2 nitrogen and oxygen atoms in total. The lowest BCUT2D eigenvalue weighted by Crippen LogP contribution is -2.01. The Hall–Kier alpha value is -1.67. The fourth-order valence-electron chi connectivity index (χ4n) is 1.45. The summed E-state index contributed by atoms with van der Waals surface area (Å²) in [6.45, 7) is 1.88. The molecule has 0 radical (unpaired) electrons. The average Bonchev–Trinajstić information content (AvgIpc) is 2.33. The summed E-state index contributed by atoms with van der Waals surface area (Å²) in [6, 6.07) is 8.75. The van der Waals surface area contributed by atoms with E-state index in [1.54, 1.807) is 42.7 Å². The van der Waals surface area contributed by atoms with Crippen LogP contribution >= 0.6 is 11.6 Å². The number of carbonyl (C=O) groups is 1. The molecule has 0 unspecified atom stereocenters. The zero-order valence-corrected chi connectivity index (χ0v) is 9.53. The molecule has 1 heterocycles. The van der Waals surface area contributed by atoms with Crippen molar-refractivity contribution in [2.45, 2.75) is 6.92 Å². The van der Waals surface area contributed by atoms with E-state index in [2.05, 4.69) is 4.98 Å². The van der Waals surface area contributed by atoms with Gasteiger partial charge in [0.25, 0.3) is 0 Å². The molecule has 16 heavy (non-hydrogen) atoms. The fourth-order valence-corrected chi connectivity index (χ4v) is 1.57. The van der Waals surface area contributed by atoms with Crippen LogP contribution in [0.4, 0.5) is 0 Å². The SMILES string of the molecule is Cc1cc(C(=O)c2cccnc2)ccc1Cl. The first-order chi connectivity index (χ1) is 7.68. The van der Waals surface area contributed by atoms with E-state index in [1.807, 2.05) is 6.92 Å². The second-order valence-corrected chi connectivity index (χ2v) is 3.94. The second kappa shape index (κ2) is 4.45. The van der Waals surface area contributed by atoms with Crippen molar-refractivity contribution in [1.82, 2.24) is 4.98 Å². The standard InChI is InChI=1S/C13H10ClNO/c1-9-7-10(4-5-12(9)14)13(16)11-3-2-6-15-8-11/h2-8H,1H3. The van der Waals surface area contributed by atoms with E-state index >= 15 is 0 Å². The average molecular weight is 232 g/mol. The van der Waals surface area contributed by atoms with Crippen LogP contribution in [0.2, 0.25) is 5.02 Å². The van der Waals surface area contributed by atoms with Crippen LogP contribution in [0, 0.1) is 6.92 Å². The molecule has 0 saturated heterocycles. The molecule has 0 aliphatic rings. The summed E-state index contributed by atoms with van der Waals surface area (Å²) in [6.07, 6.45) is 3.20. The molecule has 0 spiro atoms. The van der Waals surface area contributed by atoms with E-state index in [0.717, 1.165) is 5.56 Å². The number of nitrogens with zero attached hydrogens (tertiary/aromatic N) is 1. The van der Waals surface area contributed by atoms with Crippen LogP contribution in [-0.2, 0) is 0 Å². The van der Waals surface area contributed by atoms with Crippen LogP contribution < -0.4 is 0 Å². The monoisotopic (exact) mass is 231 g/mol. The Labute approximate surface area is 98.9 Å². The summed E-state index contributed by atoms with van der Waals surface area (Å²) in [7, 11) is 0.